The van der Waals surface area contributed by atoms with E-state index in [1.807, 2.05) is 24.4 Å². The molecule has 0 aliphatic carbocycles. The van der Waals surface area contributed by atoms with Crippen LogP contribution in [0.15, 0.2) is 60.8 Å². The molecule has 0 saturated carbocycles. The Hall–Kier alpha value is -1.76. The first-order valence-corrected chi connectivity index (χ1v) is 6.75. The molecule has 2 aromatic carbocycles. The zero-order valence-corrected chi connectivity index (χ0v) is 14.4. The van der Waals surface area contributed by atoms with Gasteiger partial charge in [-0.2, -0.15) is 0 Å². The molecule has 0 unspecified atom stereocenters. The summed E-state index contributed by atoms with van der Waals surface area (Å²) in [5, 5.41) is 0. The van der Waals surface area contributed by atoms with Gasteiger partial charge in [0.2, 0.25) is 0 Å². The largest absolute Gasteiger partial charge is 0.304 e. The predicted octanol–water partition coefficient (Wildman–Crippen LogP) is 4.83. The van der Waals surface area contributed by atoms with Gasteiger partial charge in [0, 0.05) is 26.3 Å². The van der Waals surface area contributed by atoms with Crippen LogP contribution < -0.4 is 0 Å². The van der Waals surface area contributed by atoms with Gasteiger partial charge in [0.1, 0.15) is 0 Å². The summed E-state index contributed by atoms with van der Waals surface area (Å²) in [7, 11) is 0. The minimum Gasteiger partial charge on any atom is -0.304 e. The summed E-state index contributed by atoms with van der Waals surface area (Å²) >= 11 is 0. The first-order valence-electron chi connectivity index (χ1n) is 6.75. The first kappa shape index (κ1) is 15.6. The minimum absolute atomic E-state index is 0. The van der Waals surface area contributed by atoms with Crippen molar-refractivity contribution in [1.82, 2.24) is 4.98 Å². The van der Waals surface area contributed by atoms with E-state index in [0.29, 0.717) is 0 Å². The summed E-state index contributed by atoms with van der Waals surface area (Å²) in [6, 6.07) is 21.9. The Morgan fingerprint density at radius 3 is 2.43 bits per heavy atom. The molecule has 1 nitrogen and oxygen atoms in total. The molecule has 3 aromatic rings. The molecule has 0 aliphatic rings. The summed E-state index contributed by atoms with van der Waals surface area (Å²) in [4.78, 5) is 4.51. The van der Waals surface area contributed by atoms with Crippen LogP contribution in [0.3, 0.4) is 0 Å². The zero-order valence-electron chi connectivity index (χ0n) is 12.1. The average Bonchev–Trinajstić information content (AvgIpc) is 2.51. The number of hydrogen-bond acceptors (Lipinski definition) is 1. The third-order valence-corrected chi connectivity index (χ3v) is 3.64. The summed E-state index contributed by atoms with van der Waals surface area (Å²) in [6.07, 6.45) is 1.86. The van der Waals surface area contributed by atoms with Gasteiger partial charge in [-0.15, -0.1) is 35.4 Å². The molecule has 1 heterocycles. The Balaban J connectivity index is 0.00000161. The van der Waals surface area contributed by atoms with Gasteiger partial charge >= 0.3 is 0 Å². The molecule has 107 valence electrons. The van der Waals surface area contributed by atoms with E-state index in [2.05, 4.69) is 61.3 Å². The van der Waals surface area contributed by atoms with Crippen LogP contribution in [0.25, 0.3) is 22.4 Å². The van der Waals surface area contributed by atoms with Gasteiger partial charge in [0.15, 0.2) is 0 Å². The fraction of sp³-hybridized carbons (Fsp3) is 0.105. The Kier molecular flexibility index (Phi) is 5.06. The Labute approximate surface area is 139 Å². The maximum Gasteiger partial charge on any atom is 0.0163 e. The molecule has 1 radical (unpaired) electrons. The molecule has 0 atom stereocenters. The molecule has 21 heavy (non-hydrogen) atoms. The molecule has 2 heteroatoms. The number of pyridine rings is 1. The second-order valence-electron chi connectivity index (χ2n) is 4.96. The topological polar surface area (TPSA) is 12.9 Å². The number of aromatic nitrogens is 1. The molecule has 0 amide bonds. The third kappa shape index (κ3) is 3.29. The quantitative estimate of drug-likeness (QED) is 0.510. The number of hydrogen-bond donors (Lipinski definition) is 0. The molecule has 0 bridgehead atoms. The summed E-state index contributed by atoms with van der Waals surface area (Å²) in [6.45, 7) is 4.22. The van der Waals surface area contributed by atoms with E-state index in [4.69, 9.17) is 0 Å². The van der Waals surface area contributed by atoms with Crippen molar-refractivity contribution in [3.05, 3.63) is 78.0 Å². The maximum atomic E-state index is 4.51. The van der Waals surface area contributed by atoms with Gasteiger partial charge < -0.3 is 4.98 Å². The van der Waals surface area contributed by atoms with E-state index in [1.54, 1.807) is 0 Å². The van der Waals surface area contributed by atoms with E-state index >= 15 is 0 Å². The number of nitrogens with zero attached hydrogens (tertiary/aromatic N) is 1. The number of rotatable bonds is 2. The maximum absolute atomic E-state index is 4.51. The minimum atomic E-state index is 0. The van der Waals surface area contributed by atoms with Gasteiger partial charge in [0.05, 0.1) is 0 Å². The van der Waals surface area contributed by atoms with Gasteiger partial charge in [-0.25, -0.2) is 0 Å². The Bertz CT molecular complexity index is 736. The van der Waals surface area contributed by atoms with Crippen LogP contribution in [0.2, 0.25) is 0 Å². The van der Waals surface area contributed by atoms with Crippen molar-refractivity contribution in [2.45, 2.75) is 13.8 Å². The van der Waals surface area contributed by atoms with Crippen LogP contribution in [0.5, 0.6) is 0 Å². The van der Waals surface area contributed by atoms with Crippen LogP contribution in [0.1, 0.15) is 11.1 Å². The summed E-state index contributed by atoms with van der Waals surface area (Å²) in [5.41, 5.74) is 6.95. The fourth-order valence-electron chi connectivity index (χ4n) is 2.32. The number of benzene rings is 2. The smallest absolute Gasteiger partial charge is 0.0163 e. The van der Waals surface area contributed by atoms with Crippen molar-refractivity contribution >= 4 is 0 Å². The van der Waals surface area contributed by atoms with Gasteiger partial charge in [-0.05, 0) is 31.2 Å². The molecule has 0 saturated heterocycles. The predicted molar refractivity (Wildman–Crippen MR) is 83.4 cm³/mol. The molecule has 3 rings (SSSR count). The third-order valence-electron chi connectivity index (χ3n) is 3.64. The van der Waals surface area contributed by atoms with E-state index in [-0.39, 0.29) is 20.1 Å². The molecular formula is C19H16IrN-. The Morgan fingerprint density at radius 2 is 1.67 bits per heavy atom. The van der Waals surface area contributed by atoms with Crippen LogP contribution in [0, 0.1) is 19.9 Å². The first-order chi connectivity index (χ1) is 9.75. The molecule has 0 fully saturated rings. The van der Waals surface area contributed by atoms with Crippen molar-refractivity contribution in [3.8, 4) is 22.4 Å². The van der Waals surface area contributed by atoms with E-state index in [1.165, 1.54) is 22.3 Å². The molecule has 0 aliphatic heterocycles. The molecule has 0 spiro atoms. The van der Waals surface area contributed by atoms with Gasteiger partial charge in [0.25, 0.3) is 0 Å². The van der Waals surface area contributed by atoms with E-state index in [0.717, 1.165) is 11.3 Å². The second kappa shape index (κ2) is 6.80. The number of aryl methyl sites for hydroxylation is 1. The van der Waals surface area contributed by atoms with Crippen molar-refractivity contribution in [2.75, 3.05) is 0 Å². The molecule has 1 aromatic heterocycles. The molecule has 0 N–H and O–H groups in total. The van der Waals surface area contributed by atoms with Crippen LogP contribution in [0.4, 0.5) is 0 Å². The normalized spacial score (nSPS) is 10.0. The fourth-order valence-corrected chi connectivity index (χ4v) is 2.32. The van der Waals surface area contributed by atoms with Crippen LogP contribution in [-0.2, 0) is 20.1 Å². The van der Waals surface area contributed by atoms with Crippen molar-refractivity contribution in [3.63, 3.8) is 0 Å². The average molecular weight is 451 g/mol. The van der Waals surface area contributed by atoms with Crippen molar-refractivity contribution in [1.29, 1.82) is 0 Å². The summed E-state index contributed by atoms with van der Waals surface area (Å²) in [5.74, 6) is 0. The van der Waals surface area contributed by atoms with Crippen LogP contribution >= 0.6 is 0 Å². The van der Waals surface area contributed by atoms with Gasteiger partial charge in [-0.1, -0.05) is 41.5 Å². The Morgan fingerprint density at radius 1 is 0.905 bits per heavy atom. The van der Waals surface area contributed by atoms with Crippen molar-refractivity contribution < 1.29 is 20.1 Å². The van der Waals surface area contributed by atoms with E-state index in [9.17, 15) is 0 Å². The van der Waals surface area contributed by atoms with Crippen LogP contribution in [-0.4, -0.2) is 4.98 Å². The SMILES string of the molecule is Cc1ccnc(-c2[c-]ccc(-c3ccccc3)c2)c1C.[Ir]. The standard InChI is InChI=1S/C19H16N.Ir/c1-14-11-12-20-19(15(14)2)18-10-6-9-17(13-18)16-7-4-3-5-8-16;/h3-9,11-13H,1-2H3;/q-1;. The van der Waals surface area contributed by atoms with E-state index < -0.39 is 0 Å². The monoisotopic (exact) mass is 451 g/mol. The summed E-state index contributed by atoms with van der Waals surface area (Å²) < 4.78 is 0. The zero-order chi connectivity index (χ0) is 13.9. The molecular weight excluding hydrogens is 434 g/mol. The second-order valence-corrected chi connectivity index (χ2v) is 4.96. The van der Waals surface area contributed by atoms with Crippen molar-refractivity contribution in [2.24, 2.45) is 0 Å². The van der Waals surface area contributed by atoms with Gasteiger partial charge in [-0.3, -0.25) is 0 Å².